The van der Waals surface area contributed by atoms with Gasteiger partial charge in [0.2, 0.25) is 0 Å². The fraction of sp³-hybridized carbons (Fsp3) is 0.625. The van der Waals surface area contributed by atoms with E-state index in [4.69, 9.17) is 5.73 Å². The number of likely N-dealkylation sites (N-methyl/N-ethyl adjacent to an activating group) is 1. The number of thioether (sulfide) groups is 1. The summed E-state index contributed by atoms with van der Waals surface area (Å²) in [4.78, 5) is 2.42. The molecule has 0 spiro atoms. The summed E-state index contributed by atoms with van der Waals surface area (Å²) >= 11 is 1.91. The van der Waals surface area contributed by atoms with Crippen LogP contribution in [0, 0.1) is 13.8 Å². The summed E-state index contributed by atoms with van der Waals surface area (Å²) in [6.45, 7) is 7.27. The van der Waals surface area contributed by atoms with Crippen LogP contribution in [-0.2, 0) is 0 Å². The minimum absolute atomic E-state index is 0.315. The van der Waals surface area contributed by atoms with Crippen molar-refractivity contribution in [3.63, 3.8) is 0 Å². The average Bonchev–Trinajstić information content (AvgIpc) is 2.35. The normalized spacial score (nSPS) is 14.7. The van der Waals surface area contributed by atoms with Gasteiger partial charge in [-0.05, 0) is 51.8 Å². The van der Waals surface area contributed by atoms with Crippen LogP contribution in [0.4, 0.5) is 0 Å². The van der Waals surface area contributed by atoms with Gasteiger partial charge >= 0.3 is 0 Å². The van der Waals surface area contributed by atoms with Crippen molar-refractivity contribution in [2.75, 3.05) is 25.6 Å². The van der Waals surface area contributed by atoms with Crippen LogP contribution in [0.2, 0.25) is 0 Å². The van der Waals surface area contributed by atoms with E-state index in [-0.39, 0.29) is 0 Å². The highest BCUT2D eigenvalue weighted by molar-refractivity contribution is 7.98. The molecule has 2 unspecified atom stereocenters. The molecule has 0 aromatic heterocycles. The smallest absolute Gasteiger partial charge is 0.0470 e. The zero-order chi connectivity index (χ0) is 14.4. The van der Waals surface area contributed by atoms with E-state index < -0.39 is 0 Å². The van der Waals surface area contributed by atoms with Gasteiger partial charge in [-0.25, -0.2) is 0 Å². The van der Waals surface area contributed by atoms with Gasteiger partial charge < -0.3 is 5.73 Å². The average molecular weight is 280 g/mol. The molecule has 0 aliphatic carbocycles. The fourth-order valence-electron chi connectivity index (χ4n) is 2.54. The Labute approximate surface area is 122 Å². The monoisotopic (exact) mass is 280 g/mol. The van der Waals surface area contributed by atoms with E-state index in [2.05, 4.69) is 57.2 Å². The molecular formula is C16H28N2S. The molecule has 2 atom stereocenters. The number of hydrogen-bond acceptors (Lipinski definition) is 3. The van der Waals surface area contributed by atoms with Crippen molar-refractivity contribution in [2.45, 2.75) is 39.3 Å². The summed E-state index contributed by atoms with van der Waals surface area (Å²) in [5.74, 6) is 1.20. The van der Waals surface area contributed by atoms with Crippen LogP contribution in [0.5, 0.6) is 0 Å². The van der Waals surface area contributed by atoms with Gasteiger partial charge in [0.1, 0.15) is 0 Å². The molecule has 2 N–H and O–H groups in total. The van der Waals surface area contributed by atoms with Gasteiger partial charge in [0.05, 0.1) is 0 Å². The van der Waals surface area contributed by atoms with E-state index in [1.54, 1.807) is 0 Å². The first-order valence-corrected chi connectivity index (χ1v) is 8.38. The Morgan fingerprint density at radius 2 is 1.79 bits per heavy atom. The third kappa shape index (κ3) is 4.83. The number of nitrogens with two attached hydrogens (primary N) is 1. The highest BCUT2D eigenvalue weighted by atomic mass is 32.2. The summed E-state index contributed by atoms with van der Waals surface area (Å²) < 4.78 is 0. The molecule has 0 bridgehead atoms. The van der Waals surface area contributed by atoms with Crippen LogP contribution in [0.1, 0.15) is 36.1 Å². The molecular weight excluding hydrogens is 252 g/mol. The molecule has 1 aromatic carbocycles. The lowest BCUT2D eigenvalue weighted by Gasteiger charge is -2.33. The number of nitrogens with zero attached hydrogens (tertiary/aromatic N) is 1. The molecule has 19 heavy (non-hydrogen) atoms. The second-order valence-electron chi connectivity index (χ2n) is 5.47. The Hall–Kier alpha value is -0.510. The van der Waals surface area contributed by atoms with Crippen molar-refractivity contribution < 1.29 is 0 Å². The Kier molecular flexibility index (Phi) is 6.90. The molecule has 0 saturated carbocycles. The second kappa shape index (κ2) is 7.93. The van der Waals surface area contributed by atoms with E-state index in [0.29, 0.717) is 18.6 Å². The van der Waals surface area contributed by atoms with Crippen LogP contribution in [0.15, 0.2) is 18.2 Å². The lowest BCUT2D eigenvalue weighted by molar-refractivity contribution is 0.185. The molecule has 0 amide bonds. The largest absolute Gasteiger partial charge is 0.329 e. The molecule has 2 nitrogen and oxygen atoms in total. The molecule has 0 aliphatic heterocycles. The first kappa shape index (κ1) is 16.5. The van der Waals surface area contributed by atoms with Gasteiger partial charge in [-0.3, -0.25) is 4.90 Å². The van der Waals surface area contributed by atoms with Crippen molar-refractivity contribution in [1.29, 1.82) is 0 Å². The molecule has 0 fully saturated rings. The molecule has 108 valence electrons. The molecule has 1 rings (SSSR count). The van der Waals surface area contributed by atoms with Gasteiger partial charge in [-0.15, -0.1) is 0 Å². The summed E-state index contributed by atoms with van der Waals surface area (Å²) in [5.41, 5.74) is 10.0. The van der Waals surface area contributed by atoms with Crippen LogP contribution in [-0.4, -0.2) is 36.5 Å². The third-order valence-corrected chi connectivity index (χ3v) is 4.42. The Bertz CT molecular complexity index is 372. The van der Waals surface area contributed by atoms with Crippen molar-refractivity contribution >= 4 is 11.8 Å². The molecule has 3 heteroatoms. The summed E-state index contributed by atoms with van der Waals surface area (Å²) in [7, 11) is 2.19. The second-order valence-corrected chi connectivity index (χ2v) is 6.45. The van der Waals surface area contributed by atoms with Crippen LogP contribution < -0.4 is 5.73 Å². The minimum Gasteiger partial charge on any atom is -0.329 e. The van der Waals surface area contributed by atoms with Gasteiger partial charge in [0.25, 0.3) is 0 Å². The molecule has 0 aliphatic rings. The number of rotatable bonds is 7. The fourth-order valence-corrected chi connectivity index (χ4v) is 3.12. The van der Waals surface area contributed by atoms with E-state index in [1.807, 2.05) is 11.8 Å². The van der Waals surface area contributed by atoms with E-state index >= 15 is 0 Å². The van der Waals surface area contributed by atoms with Gasteiger partial charge in [0, 0.05) is 18.6 Å². The first-order chi connectivity index (χ1) is 8.99. The first-order valence-electron chi connectivity index (χ1n) is 6.98. The molecule has 0 radical (unpaired) electrons. The SMILES string of the molecule is CSCCC(C)N(C)C(CN)c1cc(C)cc(C)c1. The Morgan fingerprint density at radius 3 is 2.26 bits per heavy atom. The maximum Gasteiger partial charge on any atom is 0.0470 e. The van der Waals surface area contributed by atoms with Crippen molar-refractivity contribution in [3.05, 3.63) is 34.9 Å². The lowest BCUT2D eigenvalue weighted by atomic mass is 9.99. The highest BCUT2D eigenvalue weighted by Crippen LogP contribution is 2.24. The predicted molar refractivity (Wildman–Crippen MR) is 87.9 cm³/mol. The van der Waals surface area contributed by atoms with E-state index in [1.165, 1.54) is 28.9 Å². The molecule has 0 heterocycles. The van der Waals surface area contributed by atoms with Crippen LogP contribution in [0.3, 0.4) is 0 Å². The summed E-state index contributed by atoms with van der Waals surface area (Å²) in [6, 6.07) is 7.62. The van der Waals surface area contributed by atoms with Gasteiger partial charge in [0.15, 0.2) is 0 Å². The lowest BCUT2D eigenvalue weighted by Crippen LogP contribution is -2.37. The van der Waals surface area contributed by atoms with Gasteiger partial charge in [-0.1, -0.05) is 29.3 Å². The maximum absolute atomic E-state index is 6.03. The molecule has 1 aromatic rings. The Morgan fingerprint density at radius 1 is 1.21 bits per heavy atom. The van der Waals surface area contributed by atoms with Crippen molar-refractivity contribution in [1.82, 2.24) is 4.90 Å². The van der Waals surface area contributed by atoms with Crippen LogP contribution in [0.25, 0.3) is 0 Å². The highest BCUT2D eigenvalue weighted by Gasteiger charge is 2.20. The predicted octanol–water partition coefficient (Wildman–Crippen LogP) is 3.38. The number of benzene rings is 1. The summed E-state index contributed by atoms with van der Waals surface area (Å²) in [6.07, 6.45) is 3.37. The van der Waals surface area contributed by atoms with E-state index in [9.17, 15) is 0 Å². The maximum atomic E-state index is 6.03. The number of hydrogen-bond donors (Lipinski definition) is 1. The van der Waals surface area contributed by atoms with Crippen molar-refractivity contribution in [2.24, 2.45) is 5.73 Å². The number of aryl methyl sites for hydroxylation is 2. The standard InChI is InChI=1S/C16H28N2S/c1-12-8-13(2)10-15(9-12)16(11-17)18(4)14(3)6-7-19-5/h8-10,14,16H,6-7,11,17H2,1-5H3. The quantitative estimate of drug-likeness (QED) is 0.830. The zero-order valence-corrected chi connectivity index (χ0v) is 13.8. The van der Waals surface area contributed by atoms with Crippen LogP contribution >= 0.6 is 11.8 Å². The summed E-state index contributed by atoms with van der Waals surface area (Å²) in [5, 5.41) is 0. The van der Waals surface area contributed by atoms with E-state index in [0.717, 1.165) is 0 Å². The van der Waals surface area contributed by atoms with Gasteiger partial charge in [-0.2, -0.15) is 11.8 Å². The zero-order valence-electron chi connectivity index (χ0n) is 12.9. The van der Waals surface area contributed by atoms with Crippen molar-refractivity contribution in [3.8, 4) is 0 Å². The topological polar surface area (TPSA) is 29.3 Å². The minimum atomic E-state index is 0.315. The third-order valence-electron chi connectivity index (χ3n) is 3.78. The Balaban J connectivity index is 2.86. The molecule has 0 saturated heterocycles.